The fraction of sp³-hybridized carbons (Fsp3) is 0.167. The summed E-state index contributed by atoms with van der Waals surface area (Å²) < 4.78 is 0. The van der Waals surface area contributed by atoms with Crippen LogP contribution in [0.25, 0.3) is 55.4 Å². The number of benzene rings is 5. The van der Waals surface area contributed by atoms with Crippen LogP contribution in [0.15, 0.2) is 146 Å². The van der Waals surface area contributed by atoms with Crippen LogP contribution in [0.5, 0.6) is 5.75 Å². The van der Waals surface area contributed by atoms with Gasteiger partial charge in [-0.1, -0.05) is 126 Å². The Balaban J connectivity index is 1.35. The number of hydrogen-bond donors (Lipinski definition) is 1. The van der Waals surface area contributed by atoms with E-state index in [1.165, 1.54) is 0 Å². The van der Waals surface area contributed by atoms with Crippen molar-refractivity contribution >= 4 is 38.7 Å². The molecule has 0 atom stereocenters. The summed E-state index contributed by atoms with van der Waals surface area (Å²) in [6, 6.07) is 43.6. The van der Waals surface area contributed by atoms with Crippen LogP contribution in [0.2, 0.25) is 0 Å². The predicted octanol–water partition coefficient (Wildman–Crippen LogP) is 12.3. The molecule has 54 heavy (non-hydrogen) atoms. The zero-order valence-corrected chi connectivity index (χ0v) is 31.5. The number of aromatic nitrogens is 4. The molecular formula is C48H43N5O. The summed E-state index contributed by atoms with van der Waals surface area (Å²) in [6.07, 6.45) is 5.57. The van der Waals surface area contributed by atoms with Crippen molar-refractivity contribution in [3.05, 3.63) is 157 Å². The maximum atomic E-state index is 11.9. The second-order valence-electron chi connectivity index (χ2n) is 15.9. The molecule has 0 aliphatic heterocycles. The summed E-state index contributed by atoms with van der Waals surface area (Å²) in [5.41, 5.74) is 7.46. The van der Waals surface area contributed by atoms with Crippen molar-refractivity contribution in [1.29, 1.82) is 0 Å². The van der Waals surface area contributed by atoms with Gasteiger partial charge in [0.25, 0.3) is 0 Å². The molecule has 0 unspecified atom stereocenters. The van der Waals surface area contributed by atoms with Crippen molar-refractivity contribution in [2.24, 2.45) is 0 Å². The molecule has 0 fully saturated rings. The molecule has 0 spiro atoms. The topological polar surface area (TPSA) is 75.0 Å². The maximum Gasteiger partial charge on any atom is 0.164 e. The highest BCUT2D eigenvalue weighted by molar-refractivity contribution is 5.99. The molecule has 0 radical (unpaired) electrons. The van der Waals surface area contributed by atoms with Crippen LogP contribution in [-0.2, 0) is 10.8 Å². The van der Waals surface area contributed by atoms with Gasteiger partial charge in [-0.05, 0) is 64.2 Å². The number of nitrogens with zero attached hydrogens (tertiary/aromatic N) is 5. The first-order valence-electron chi connectivity index (χ1n) is 18.3. The van der Waals surface area contributed by atoms with Gasteiger partial charge in [0.05, 0.1) is 22.6 Å². The van der Waals surface area contributed by atoms with Crippen molar-refractivity contribution in [3.63, 3.8) is 0 Å². The van der Waals surface area contributed by atoms with Gasteiger partial charge < -0.3 is 5.11 Å². The van der Waals surface area contributed by atoms with Gasteiger partial charge in [0.1, 0.15) is 11.6 Å². The summed E-state index contributed by atoms with van der Waals surface area (Å²) in [5.74, 6) is 1.45. The van der Waals surface area contributed by atoms with Gasteiger partial charge >= 0.3 is 0 Å². The lowest BCUT2D eigenvalue weighted by molar-refractivity contribution is 0.446. The predicted molar refractivity (Wildman–Crippen MR) is 223 cm³/mol. The molecule has 6 heteroatoms. The van der Waals surface area contributed by atoms with E-state index in [-0.39, 0.29) is 16.6 Å². The van der Waals surface area contributed by atoms with Gasteiger partial charge in [-0.3, -0.25) is 9.88 Å². The van der Waals surface area contributed by atoms with Gasteiger partial charge in [-0.15, -0.1) is 0 Å². The van der Waals surface area contributed by atoms with E-state index in [1.54, 1.807) is 6.20 Å². The zero-order valence-electron chi connectivity index (χ0n) is 31.5. The van der Waals surface area contributed by atoms with Gasteiger partial charge in [-0.2, -0.15) is 0 Å². The third-order valence-corrected chi connectivity index (χ3v) is 9.96. The number of rotatable bonds is 6. The van der Waals surface area contributed by atoms with Crippen LogP contribution in [-0.4, -0.2) is 25.0 Å². The van der Waals surface area contributed by atoms with Crippen LogP contribution >= 0.6 is 0 Å². The highest BCUT2D eigenvalue weighted by Gasteiger charge is 2.27. The second-order valence-corrected chi connectivity index (χ2v) is 15.9. The Hall–Kier alpha value is -6.40. The average molecular weight is 706 g/mol. The molecule has 8 rings (SSSR count). The van der Waals surface area contributed by atoms with Crippen LogP contribution < -0.4 is 4.90 Å². The van der Waals surface area contributed by atoms with E-state index in [2.05, 4.69) is 148 Å². The molecular weight excluding hydrogens is 663 g/mol. The van der Waals surface area contributed by atoms with Crippen LogP contribution in [0, 0.1) is 0 Å². The standard InChI is InChI=1S/C48H43N5O/c1-47(2,3)36-26-39(45(54)40(27-36)48(4,5)6)46-51-41(32-15-8-7-9-16-32)28-42(52-46)33-18-12-19-37(24-33)53(43-21-13-17-31-14-10-11-20-38(31)43)44-25-35-29-49-23-22-34(35)30-50-44/h7-30,54H,1-6H3. The van der Waals surface area contributed by atoms with Crippen LogP contribution in [0.3, 0.4) is 0 Å². The molecule has 0 saturated carbocycles. The fourth-order valence-corrected chi connectivity index (χ4v) is 6.97. The number of pyridine rings is 2. The Morgan fingerprint density at radius 3 is 2.06 bits per heavy atom. The van der Waals surface area contributed by atoms with Crippen LogP contribution in [0.4, 0.5) is 17.2 Å². The van der Waals surface area contributed by atoms with Gasteiger partial charge in [0.2, 0.25) is 0 Å². The Kier molecular flexibility index (Phi) is 8.69. The zero-order chi connectivity index (χ0) is 37.6. The smallest absolute Gasteiger partial charge is 0.164 e. The van der Waals surface area contributed by atoms with Crippen molar-refractivity contribution in [3.8, 4) is 39.7 Å². The van der Waals surface area contributed by atoms with Crippen molar-refractivity contribution in [1.82, 2.24) is 19.9 Å². The Morgan fingerprint density at radius 2 is 1.28 bits per heavy atom. The number of anilines is 3. The van der Waals surface area contributed by atoms with E-state index in [9.17, 15) is 5.11 Å². The monoisotopic (exact) mass is 705 g/mol. The normalized spacial score (nSPS) is 12.0. The first-order chi connectivity index (χ1) is 25.9. The number of aromatic hydroxyl groups is 1. The Labute approximate surface area is 316 Å². The summed E-state index contributed by atoms with van der Waals surface area (Å²) in [7, 11) is 0. The summed E-state index contributed by atoms with van der Waals surface area (Å²) in [6.45, 7) is 12.9. The van der Waals surface area contributed by atoms with Gasteiger partial charge in [0.15, 0.2) is 5.82 Å². The molecule has 3 aromatic heterocycles. The van der Waals surface area contributed by atoms with E-state index < -0.39 is 0 Å². The molecule has 1 N–H and O–H groups in total. The summed E-state index contributed by atoms with van der Waals surface area (Å²) in [4.78, 5) is 21.9. The Morgan fingerprint density at radius 1 is 0.574 bits per heavy atom. The highest BCUT2D eigenvalue weighted by Crippen LogP contribution is 2.43. The molecule has 8 aromatic rings. The lowest BCUT2D eigenvalue weighted by Gasteiger charge is -2.27. The molecule has 3 heterocycles. The second kappa shape index (κ2) is 13.5. The molecule has 0 bridgehead atoms. The number of phenolic OH excluding ortho intramolecular Hbond substituents is 1. The minimum Gasteiger partial charge on any atom is -0.507 e. The van der Waals surface area contributed by atoms with E-state index in [0.29, 0.717) is 11.4 Å². The highest BCUT2D eigenvalue weighted by atomic mass is 16.3. The molecule has 0 aliphatic rings. The molecule has 0 amide bonds. The molecule has 6 nitrogen and oxygen atoms in total. The van der Waals surface area contributed by atoms with Crippen LogP contribution in [0.1, 0.15) is 52.7 Å². The quantitative estimate of drug-likeness (QED) is 0.186. The van der Waals surface area contributed by atoms with Gasteiger partial charge in [-0.25, -0.2) is 15.0 Å². The van der Waals surface area contributed by atoms with Crippen molar-refractivity contribution in [2.75, 3.05) is 4.90 Å². The molecule has 0 aliphatic carbocycles. The lowest BCUT2D eigenvalue weighted by atomic mass is 9.79. The summed E-state index contributed by atoms with van der Waals surface area (Å²) >= 11 is 0. The van der Waals surface area contributed by atoms with E-state index in [4.69, 9.17) is 15.0 Å². The first kappa shape index (κ1) is 34.7. The SMILES string of the molecule is CC(C)(C)c1cc(-c2nc(-c3ccccc3)cc(-c3cccc(N(c4cc5cnccc5cn4)c4cccc5ccccc45)c3)n2)c(O)c(C(C)(C)C)c1. The minimum atomic E-state index is -0.299. The Bertz CT molecular complexity index is 2650. The number of phenols is 1. The summed E-state index contributed by atoms with van der Waals surface area (Å²) in [5, 5.41) is 16.2. The lowest BCUT2D eigenvalue weighted by Crippen LogP contribution is -2.17. The third-order valence-electron chi connectivity index (χ3n) is 9.96. The van der Waals surface area contributed by atoms with Crippen molar-refractivity contribution < 1.29 is 5.11 Å². The number of fused-ring (bicyclic) bond motifs is 2. The number of hydrogen-bond acceptors (Lipinski definition) is 6. The molecule has 0 saturated heterocycles. The third kappa shape index (κ3) is 6.67. The first-order valence-corrected chi connectivity index (χ1v) is 18.3. The molecule has 5 aromatic carbocycles. The van der Waals surface area contributed by atoms with E-state index in [1.807, 2.05) is 42.7 Å². The maximum absolute atomic E-state index is 11.9. The average Bonchev–Trinajstić information content (AvgIpc) is 3.17. The van der Waals surface area contributed by atoms with E-state index in [0.717, 1.165) is 72.4 Å². The van der Waals surface area contributed by atoms with Gasteiger partial charge in [0, 0.05) is 57.1 Å². The minimum absolute atomic E-state index is 0.158. The van der Waals surface area contributed by atoms with Crippen molar-refractivity contribution in [2.45, 2.75) is 52.4 Å². The molecule has 266 valence electrons. The van der Waals surface area contributed by atoms with E-state index >= 15 is 0 Å². The largest absolute Gasteiger partial charge is 0.507 e. The fourth-order valence-electron chi connectivity index (χ4n) is 6.97.